The fourth-order valence-corrected chi connectivity index (χ4v) is 4.10. The molecule has 6 heteroatoms. The van der Waals surface area contributed by atoms with Crippen LogP contribution < -0.4 is 0 Å². The van der Waals surface area contributed by atoms with E-state index in [2.05, 4.69) is 9.97 Å². The van der Waals surface area contributed by atoms with Gasteiger partial charge in [0.25, 0.3) is 0 Å². The number of nitrogens with one attached hydrogen (secondary N) is 2. The predicted molar refractivity (Wildman–Crippen MR) is 137 cm³/mol. The maximum Gasteiger partial charge on any atom is 0.232 e. The van der Waals surface area contributed by atoms with Gasteiger partial charge in [0.2, 0.25) is 11.6 Å². The smallest absolute Gasteiger partial charge is 0.232 e. The number of Topliss-reactive ketones (excluding diaryl/α,β-unsaturated/α-hetero) is 2. The van der Waals surface area contributed by atoms with E-state index in [0.29, 0.717) is 11.1 Å². The summed E-state index contributed by atoms with van der Waals surface area (Å²) >= 11 is 0. The number of aromatic amines is 2. The fourth-order valence-electron chi connectivity index (χ4n) is 4.10. The first-order chi connectivity index (χ1) is 16.7. The number of para-hydroxylation sites is 2. The van der Waals surface area contributed by atoms with Crippen molar-refractivity contribution < 1.29 is 19.1 Å². The lowest BCUT2D eigenvalue weighted by molar-refractivity contribution is -0.117. The Kier molecular flexibility index (Phi) is 7.74. The van der Waals surface area contributed by atoms with Crippen molar-refractivity contribution in [3.63, 3.8) is 0 Å². The van der Waals surface area contributed by atoms with Crippen molar-refractivity contribution in [2.24, 2.45) is 0 Å². The van der Waals surface area contributed by atoms with Crippen molar-refractivity contribution in [2.45, 2.75) is 27.7 Å². The molecule has 4 aromatic rings. The molecule has 0 fully saturated rings. The minimum absolute atomic E-state index is 0.00540. The predicted octanol–water partition coefficient (Wildman–Crippen LogP) is 6.27. The van der Waals surface area contributed by atoms with Crippen LogP contribution in [0.15, 0.2) is 72.4 Å². The second kappa shape index (κ2) is 10.7. The number of methoxy groups -OCH3 is 2. The van der Waals surface area contributed by atoms with Gasteiger partial charge in [0, 0.05) is 45.3 Å². The second-order valence-corrected chi connectivity index (χ2v) is 6.97. The summed E-state index contributed by atoms with van der Waals surface area (Å²) in [5.41, 5.74) is 3.32. The maximum absolute atomic E-state index is 13.6. The number of H-pyrrole nitrogens is 2. The number of ketones is 2. The van der Waals surface area contributed by atoms with Crippen molar-refractivity contribution in [1.29, 1.82) is 0 Å². The SMILES string of the molecule is CC.CC.COC1=C(c2c[nH]c3ccccc23)C(=O)C(OC)=C(c2c[nH]c3ccccc23)C1=O. The molecule has 0 bridgehead atoms. The Morgan fingerprint density at radius 2 is 0.941 bits per heavy atom. The molecule has 0 saturated carbocycles. The highest BCUT2D eigenvalue weighted by atomic mass is 16.5. The Morgan fingerprint density at radius 3 is 1.29 bits per heavy atom. The molecule has 2 aromatic carbocycles. The molecule has 2 heterocycles. The molecule has 1 aliphatic carbocycles. The Bertz CT molecular complexity index is 1290. The first-order valence-electron chi connectivity index (χ1n) is 11.4. The van der Waals surface area contributed by atoms with E-state index >= 15 is 0 Å². The van der Waals surface area contributed by atoms with Crippen LogP contribution in [0, 0.1) is 0 Å². The molecule has 0 aliphatic heterocycles. The molecular formula is C28H30N2O4. The highest BCUT2D eigenvalue weighted by Crippen LogP contribution is 2.40. The van der Waals surface area contributed by atoms with Crippen LogP contribution >= 0.6 is 0 Å². The van der Waals surface area contributed by atoms with Gasteiger partial charge in [-0.2, -0.15) is 0 Å². The highest BCUT2D eigenvalue weighted by molar-refractivity contribution is 6.48. The average Bonchev–Trinajstić information content (AvgIpc) is 3.51. The number of carbonyl (C=O) groups is 2. The van der Waals surface area contributed by atoms with Gasteiger partial charge < -0.3 is 19.4 Å². The lowest BCUT2D eigenvalue weighted by Gasteiger charge is -2.22. The van der Waals surface area contributed by atoms with E-state index in [9.17, 15) is 9.59 Å². The maximum atomic E-state index is 13.6. The van der Waals surface area contributed by atoms with Crippen LogP contribution in [0.25, 0.3) is 33.0 Å². The zero-order valence-electron chi connectivity index (χ0n) is 20.4. The number of ether oxygens (including phenoxy) is 2. The summed E-state index contributed by atoms with van der Waals surface area (Å²) in [5, 5.41) is 1.66. The van der Waals surface area contributed by atoms with Gasteiger partial charge in [0.15, 0.2) is 11.5 Å². The Balaban J connectivity index is 0.000000771. The largest absolute Gasteiger partial charge is 0.492 e. The quantitative estimate of drug-likeness (QED) is 0.353. The third-order valence-electron chi connectivity index (χ3n) is 5.45. The molecule has 6 nitrogen and oxygen atoms in total. The van der Waals surface area contributed by atoms with Crippen LogP contribution in [0.4, 0.5) is 0 Å². The molecule has 1 aliphatic rings. The minimum Gasteiger partial charge on any atom is -0.492 e. The van der Waals surface area contributed by atoms with Gasteiger partial charge in [0.05, 0.1) is 25.4 Å². The van der Waals surface area contributed by atoms with Crippen LogP contribution in [-0.2, 0) is 19.1 Å². The number of fused-ring (bicyclic) bond motifs is 2. The van der Waals surface area contributed by atoms with Gasteiger partial charge in [-0.25, -0.2) is 0 Å². The van der Waals surface area contributed by atoms with E-state index in [1.165, 1.54) is 14.2 Å². The van der Waals surface area contributed by atoms with E-state index in [-0.39, 0.29) is 34.2 Å². The van der Waals surface area contributed by atoms with E-state index in [0.717, 1.165) is 21.8 Å². The van der Waals surface area contributed by atoms with Crippen LogP contribution in [0.5, 0.6) is 0 Å². The lowest BCUT2D eigenvalue weighted by atomic mass is 9.86. The summed E-state index contributed by atoms with van der Waals surface area (Å²) in [5.74, 6) is -0.769. The normalized spacial score (nSPS) is 13.5. The average molecular weight is 459 g/mol. The van der Waals surface area contributed by atoms with Crippen molar-refractivity contribution in [3.05, 3.63) is 83.6 Å². The molecule has 2 aromatic heterocycles. The Morgan fingerprint density at radius 1 is 0.588 bits per heavy atom. The zero-order valence-corrected chi connectivity index (χ0v) is 20.4. The molecule has 34 heavy (non-hydrogen) atoms. The summed E-state index contributed by atoms with van der Waals surface area (Å²) in [7, 11) is 2.81. The highest BCUT2D eigenvalue weighted by Gasteiger charge is 2.39. The third-order valence-corrected chi connectivity index (χ3v) is 5.45. The first-order valence-corrected chi connectivity index (χ1v) is 11.4. The molecule has 0 radical (unpaired) electrons. The Hall–Kier alpha value is -4.06. The van der Waals surface area contributed by atoms with Crippen molar-refractivity contribution in [3.8, 4) is 0 Å². The molecule has 5 rings (SSSR count). The summed E-state index contributed by atoms with van der Waals surface area (Å²) in [6, 6.07) is 15.2. The number of hydrogen-bond acceptors (Lipinski definition) is 4. The second-order valence-electron chi connectivity index (χ2n) is 6.97. The summed E-state index contributed by atoms with van der Waals surface area (Å²) in [6.45, 7) is 8.00. The lowest BCUT2D eigenvalue weighted by Crippen LogP contribution is -2.24. The number of hydrogen-bond donors (Lipinski definition) is 2. The monoisotopic (exact) mass is 458 g/mol. The standard InChI is InChI=1S/C24H18N2O4.2C2H6/c1-29-23-19(15-11-25-17-9-5-3-7-13(15)17)22(28)24(30-2)20(21(23)27)16-12-26-18-10-6-4-8-14(16)18;2*1-2/h3-12,25-26H,1-2H3;2*1-2H3. The number of rotatable bonds is 4. The van der Waals surface area contributed by atoms with Crippen molar-refractivity contribution in [2.75, 3.05) is 14.2 Å². The van der Waals surface area contributed by atoms with E-state index in [1.807, 2.05) is 76.2 Å². The van der Waals surface area contributed by atoms with Crippen LogP contribution in [0.2, 0.25) is 0 Å². The third kappa shape index (κ3) is 3.92. The van der Waals surface area contributed by atoms with Gasteiger partial charge in [-0.15, -0.1) is 0 Å². The molecule has 0 unspecified atom stereocenters. The summed E-state index contributed by atoms with van der Waals surface area (Å²) < 4.78 is 11.0. The van der Waals surface area contributed by atoms with Gasteiger partial charge in [-0.05, 0) is 12.1 Å². The number of benzene rings is 2. The molecule has 2 N–H and O–H groups in total. The van der Waals surface area contributed by atoms with E-state index in [1.54, 1.807) is 12.4 Å². The summed E-state index contributed by atoms with van der Waals surface area (Å²) in [6.07, 6.45) is 3.43. The number of carbonyl (C=O) groups excluding carboxylic acids is 2. The summed E-state index contributed by atoms with van der Waals surface area (Å²) in [4.78, 5) is 33.4. The van der Waals surface area contributed by atoms with Crippen LogP contribution in [0.1, 0.15) is 38.8 Å². The first kappa shape index (κ1) is 24.6. The van der Waals surface area contributed by atoms with Crippen molar-refractivity contribution >= 4 is 44.5 Å². The van der Waals surface area contributed by atoms with E-state index in [4.69, 9.17) is 9.47 Å². The molecule has 0 atom stereocenters. The zero-order chi connectivity index (χ0) is 24.8. The van der Waals surface area contributed by atoms with Crippen molar-refractivity contribution in [1.82, 2.24) is 9.97 Å². The fraction of sp³-hybridized carbons (Fsp3) is 0.214. The van der Waals surface area contributed by atoms with Crippen LogP contribution in [-0.4, -0.2) is 35.8 Å². The molecule has 0 amide bonds. The molecular weight excluding hydrogens is 428 g/mol. The van der Waals surface area contributed by atoms with Gasteiger partial charge in [0.1, 0.15) is 0 Å². The molecule has 176 valence electrons. The topological polar surface area (TPSA) is 84.2 Å². The van der Waals surface area contributed by atoms with Gasteiger partial charge in [-0.3, -0.25) is 9.59 Å². The van der Waals surface area contributed by atoms with E-state index < -0.39 is 0 Å². The molecule has 0 saturated heterocycles. The van der Waals surface area contributed by atoms with Gasteiger partial charge >= 0.3 is 0 Å². The molecule has 0 spiro atoms. The number of allylic oxidation sites excluding steroid dienone is 2. The minimum atomic E-state index is -0.390. The van der Waals surface area contributed by atoms with Gasteiger partial charge in [-0.1, -0.05) is 64.1 Å². The van der Waals surface area contributed by atoms with Crippen LogP contribution in [0.3, 0.4) is 0 Å². The Labute approximate surface area is 199 Å². The number of aromatic nitrogens is 2.